The van der Waals surface area contributed by atoms with Gasteiger partial charge in [0, 0.05) is 24.5 Å². The van der Waals surface area contributed by atoms with Gasteiger partial charge in [0.25, 0.3) is 0 Å². The average Bonchev–Trinajstić information content (AvgIpc) is 2.76. The highest BCUT2D eigenvalue weighted by molar-refractivity contribution is 7.13. The number of thiazole rings is 1. The van der Waals surface area contributed by atoms with Gasteiger partial charge in [0.2, 0.25) is 0 Å². The lowest BCUT2D eigenvalue weighted by Crippen LogP contribution is -2.32. The second-order valence-corrected chi connectivity index (χ2v) is 4.87. The molecule has 0 saturated heterocycles. The molecule has 1 aromatic heterocycles. The molecule has 1 heterocycles. The van der Waals surface area contributed by atoms with Crippen LogP contribution in [0.1, 0.15) is 30.8 Å². The van der Waals surface area contributed by atoms with Crippen molar-refractivity contribution in [2.75, 3.05) is 25.5 Å². The monoisotopic (exact) mass is 257 g/mol. The predicted molar refractivity (Wildman–Crippen MR) is 69.9 cm³/mol. The predicted octanol–water partition coefficient (Wildman–Crippen LogP) is 1.98. The molecule has 1 aromatic rings. The van der Waals surface area contributed by atoms with Gasteiger partial charge in [-0.3, -0.25) is 0 Å². The first-order valence-electron chi connectivity index (χ1n) is 5.67. The zero-order valence-corrected chi connectivity index (χ0v) is 11.3. The standard InChI is InChI=1S/C11H19N3O2S/c1-4-8(2)14(3)6-5-12-11-13-9(7-17-11)10(15)16/h7-8H,4-6H2,1-3H3,(H,12,13)(H,15,16). The number of aromatic carboxylic acids is 1. The number of nitrogens with zero attached hydrogens (tertiary/aromatic N) is 2. The van der Waals surface area contributed by atoms with Crippen molar-refractivity contribution in [1.29, 1.82) is 0 Å². The van der Waals surface area contributed by atoms with Gasteiger partial charge in [0.15, 0.2) is 10.8 Å². The Balaban J connectivity index is 2.33. The SMILES string of the molecule is CCC(C)N(C)CCNc1nc(C(=O)O)cs1. The number of hydrogen-bond donors (Lipinski definition) is 2. The van der Waals surface area contributed by atoms with E-state index < -0.39 is 5.97 Å². The van der Waals surface area contributed by atoms with E-state index in [0.717, 1.165) is 19.5 Å². The fourth-order valence-corrected chi connectivity index (χ4v) is 2.04. The van der Waals surface area contributed by atoms with Crippen LogP contribution in [-0.4, -0.2) is 47.1 Å². The van der Waals surface area contributed by atoms with Gasteiger partial charge in [0.1, 0.15) is 0 Å². The zero-order valence-electron chi connectivity index (χ0n) is 10.4. The summed E-state index contributed by atoms with van der Waals surface area (Å²) in [4.78, 5) is 16.9. The van der Waals surface area contributed by atoms with E-state index in [9.17, 15) is 4.79 Å². The summed E-state index contributed by atoms with van der Waals surface area (Å²) in [6.45, 7) is 6.03. The summed E-state index contributed by atoms with van der Waals surface area (Å²) in [6.07, 6.45) is 1.12. The normalized spacial score (nSPS) is 12.7. The average molecular weight is 257 g/mol. The molecule has 1 atom stereocenters. The van der Waals surface area contributed by atoms with E-state index in [4.69, 9.17) is 5.11 Å². The largest absolute Gasteiger partial charge is 0.476 e. The van der Waals surface area contributed by atoms with Crippen LogP contribution in [-0.2, 0) is 0 Å². The molecular weight excluding hydrogens is 238 g/mol. The van der Waals surface area contributed by atoms with Gasteiger partial charge in [-0.05, 0) is 20.4 Å². The lowest BCUT2D eigenvalue weighted by molar-refractivity contribution is 0.0691. The van der Waals surface area contributed by atoms with Crippen LogP contribution in [0, 0.1) is 0 Å². The highest BCUT2D eigenvalue weighted by Crippen LogP contribution is 2.14. The minimum Gasteiger partial charge on any atom is -0.476 e. The Labute approximate surface area is 105 Å². The molecule has 0 aromatic carbocycles. The Morgan fingerprint density at radius 1 is 1.71 bits per heavy atom. The molecule has 96 valence electrons. The third kappa shape index (κ3) is 4.32. The van der Waals surface area contributed by atoms with Gasteiger partial charge in [-0.2, -0.15) is 0 Å². The smallest absolute Gasteiger partial charge is 0.355 e. The minimum atomic E-state index is -0.981. The first kappa shape index (κ1) is 13.9. The maximum absolute atomic E-state index is 10.6. The van der Waals surface area contributed by atoms with Crippen LogP contribution in [0.2, 0.25) is 0 Å². The van der Waals surface area contributed by atoms with Crippen molar-refractivity contribution in [3.63, 3.8) is 0 Å². The number of carboxylic acids is 1. The summed E-state index contributed by atoms with van der Waals surface area (Å²) in [7, 11) is 2.08. The molecule has 1 rings (SSSR count). The maximum atomic E-state index is 10.6. The Kier molecular flexibility index (Phi) is 5.37. The second kappa shape index (κ2) is 6.56. The molecular formula is C11H19N3O2S. The molecule has 0 bridgehead atoms. The summed E-state index contributed by atoms with van der Waals surface area (Å²) in [5, 5.41) is 14.1. The summed E-state index contributed by atoms with van der Waals surface area (Å²) in [5.41, 5.74) is 0.104. The third-order valence-corrected chi connectivity index (χ3v) is 3.61. The lowest BCUT2D eigenvalue weighted by atomic mass is 10.2. The molecule has 0 saturated carbocycles. The van der Waals surface area contributed by atoms with Crippen molar-refractivity contribution in [3.05, 3.63) is 11.1 Å². The number of anilines is 1. The summed E-state index contributed by atoms with van der Waals surface area (Å²) in [6, 6.07) is 0.558. The molecule has 0 fully saturated rings. The van der Waals surface area contributed by atoms with Crippen LogP contribution in [0.5, 0.6) is 0 Å². The Morgan fingerprint density at radius 2 is 2.41 bits per heavy atom. The van der Waals surface area contributed by atoms with Crippen molar-refractivity contribution < 1.29 is 9.90 Å². The van der Waals surface area contributed by atoms with E-state index in [2.05, 4.69) is 36.1 Å². The van der Waals surface area contributed by atoms with Gasteiger partial charge < -0.3 is 15.3 Å². The van der Waals surface area contributed by atoms with Crippen LogP contribution >= 0.6 is 11.3 Å². The van der Waals surface area contributed by atoms with Gasteiger partial charge in [-0.25, -0.2) is 9.78 Å². The Morgan fingerprint density at radius 3 is 2.94 bits per heavy atom. The fraction of sp³-hybridized carbons (Fsp3) is 0.636. The van der Waals surface area contributed by atoms with Gasteiger partial charge in [0.05, 0.1) is 0 Å². The van der Waals surface area contributed by atoms with Crippen molar-refractivity contribution >= 4 is 22.4 Å². The third-order valence-electron chi connectivity index (χ3n) is 2.81. The van der Waals surface area contributed by atoms with E-state index in [0.29, 0.717) is 11.2 Å². The summed E-state index contributed by atoms with van der Waals surface area (Å²) >= 11 is 1.32. The number of carbonyl (C=O) groups is 1. The lowest BCUT2D eigenvalue weighted by Gasteiger charge is -2.23. The van der Waals surface area contributed by atoms with Crippen LogP contribution < -0.4 is 5.32 Å². The van der Waals surface area contributed by atoms with Gasteiger partial charge in [-0.15, -0.1) is 11.3 Å². The molecule has 5 nitrogen and oxygen atoms in total. The number of aromatic nitrogens is 1. The first-order chi connectivity index (χ1) is 8.04. The van der Waals surface area contributed by atoms with Crippen molar-refractivity contribution in [3.8, 4) is 0 Å². The van der Waals surface area contributed by atoms with E-state index in [1.165, 1.54) is 11.3 Å². The number of hydrogen-bond acceptors (Lipinski definition) is 5. The molecule has 1 unspecified atom stereocenters. The number of likely N-dealkylation sites (N-methyl/N-ethyl adjacent to an activating group) is 1. The van der Waals surface area contributed by atoms with E-state index >= 15 is 0 Å². The van der Waals surface area contributed by atoms with Crippen molar-refractivity contribution in [2.24, 2.45) is 0 Å². The van der Waals surface area contributed by atoms with Gasteiger partial charge in [-0.1, -0.05) is 6.92 Å². The summed E-state index contributed by atoms with van der Waals surface area (Å²) < 4.78 is 0. The molecule has 0 aliphatic carbocycles. The van der Waals surface area contributed by atoms with Crippen LogP contribution in [0.3, 0.4) is 0 Å². The molecule has 17 heavy (non-hydrogen) atoms. The molecule has 0 radical (unpaired) electrons. The summed E-state index contributed by atoms with van der Waals surface area (Å²) in [5.74, 6) is -0.981. The minimum absolute atomic E-state index is 0.104. The van der Waals surface area contributed by atoms with E-state index in [-0.39, 0.29) is 5.69 Å². The van der Waals surface area contributed by atoms with E-state index in [1.54, 1.807) is 5.38 Å². The topological polar surface area (TPSA) is 65.5 Å². The first-order valence-corrected chi connectivity index (χ1v) is 6.55. The van der Waals surface area contributed by atoms with Gasteiger partial charge >= 0.3 is 5.97 Å². The van der Waals surface area contributed by atoms with E-state index in [1.807, 2.05) is 0 Å². The highest BCUT2D eigenvalue weighted by Gasteiger charge is 2.09. The highest BCUT2D eigenvalue weighted by atomic mass is 32.1. The number of carboxylic acid groups (broad SMARTS) is 1. The number of nitrogens with one attached hydrogen (secondary N) is 1. The Bertz CT molecular complexity index is 367. The number of rotatable bonds is 7. The Hall–Kier alpha value is -1.14. The van der Waals surface area contributed by atoms with Crippen LogP contribution in [0.25, 0.3) is 0 Å². The molecule has 0 spiro atoms. The molecule has 2 N–H and O–H groups in total. The second-order valence-electron chi connectivity index (χ2n) is 4.01. The quantitative estimate of drug-likeness (QED) is 0.782. The van der Waals surface area contributed by atoms with Crippen LogP contribution in [0.4, 0.5) is 5.13 Å². The molecule has 0 aliphatic rings. The van der Waals surface area contributed by atoms with Crippen molar-refractivity contribution in [2.45, 2.75) is 26.3 Å². The maximum Gasteiger partial charge on any atom is 0.355 e. The fourth-order valence-electron chi connectivity index (χ4n) is 1.32. The molecule has 0 amide bonds. The van der Waals surface area contributed by atoms with Crippen LogP contribution in [0.15, 0.2) is 5.38 Å². The van der Waals surface area contributed by atoms with Crippen molar-refractivity contribution in [1.82, 2.24) is 9.88 Å². The molecule has 6 heteroatoms. The molecule has 0 aliphatic heterocycles. The zero-order chi connectivity index (χ0) is 12.8.